The van der Waals surface area contributed by atoms with Gasteiger partial charge in [-0.2, -0.15) is 0 Å². The van der Waals surface area contributed by atoms with Crippen molar-refractivity contribution in [2.75, 3.05) is 7.05 Å². The summed E-state index contributed by atoms with van der Waals surface area (Å²) >= 11 is 0. The highest BCUT2D eigenvalue weighted by Crippen LogP contribution is 2.30. The van der Waals surface area contributed by atoms with Gasteiger partial charge in [-0.05, 0) is 24.5 Å². The Kier molecular flexibility index (Phi) is 1.34. The fourth-order valence-corrected chi connectivity index (χ4v) is 1.66. The molecule has 0 N–H and O–H groups in total. The highest BCUT2D eigenvalue weighted by atomic mass is 16.2. The predicted octanol–water partition coefficient (Wildman–Crippen LogP) is 1.45. The molecule has 1 heterocycles. The fourth-order valence-electron chi connectivity index (χ4n) is 1.66. The summed E-state index contributed by atoms with van der Waals surface area (Å²) in [4.78, 5) is 12.9. The molecule has 0 bridgehead atoms. The molecular formula is C9H11NO. The van der Waals surface area contributed by atoms with E-state index in [0.29, 0.717) is 6.42 Å². The van der Waals surface area contributed by atoms with Crippen molar-refractivity contribution in [1.29, 1.82) is 0 Å². The number of carbonyl (C=O) groups is 1. The summed E-state index contributed by atoms with van der Waals surface area (Å²) in [6.45, 7) is 0. The Balaban J connectivity index is 2.35. The van der Waals surface area contributed by atoms with E-state index in [1.807, 2.05) is 7.05 Å². The van der Waals surface area contributed by atoms with E-state index >= 15 is 0 Å². The maximum atomic E-state index is 11.2. The zero-order valence-corrected chi connectivity index (χ0v) is 6.63. The van der Waals surface area contributed by atoms with Crippen molar-refractivity contribution >= 4 is 5.91 Å². The van der Waals surface area contributed by atoms with Crippen LogP contribution in [0.4, 0.5) is 0 Å². The standard InChI is InChI=1S/C9H11NO/c1-10-8-5-3-2-4-7(8)6-9(10)11/h3,5H,2,4,6H2,1H3. The maximum Gasteiger partial charge on any atom is 0.230 e. The first-order valence-electron chi connectivity index (χ1n) is 3.94. The average Bonchev–Trinajstić information content (AvgIpc) is 2.30. The van der Waals surface area contributed by atoms with Crippen LogP contribution in [0.25, 0.3) is 0 Å². The van der Waals surface area contributed by atoms with Gasteiger partial charge in [-0.3, -0.25) is 4.79 Å². The minimum atomic E-state index is 0.238. The molecule has 0 saturated heterocycles. The molecule has 1 aliphatic heterocycles. The lowest BCUT2D eigenvalue weighted by atomic mass is 10.0. The molecule has 0 aromatic carbocycles. The SMILES string of the molecule is CN1C(=O)CC2=C1C=CCC2. The lowest BCUT2D eigenvalue weighted by Crippen LogP contribution is -2.18. The first kappa shape index (κ1) is 6.65. The van der Waals surface area contributed by atoms with Gasteiger partial charge in [0.15, 0.2) is 0 Å². The smallest absolute Gasteiger partial charge is 0.230 e. The van der Waals surface area contributed by atoms with E-state index in [4.69, 9.17) is 0 Å². The summed E-state index contributed by atoms with van der Waals surface area (Å²) in [5.41, 5.74) is 2.46. The fraction of sp³-hybridized carbons (Fsp3) is 0.444. The number of rotatable bonds is 0. The first-order chi connectivity index (χ1) is 5.29. The predicted molar refractivity (Wildman–Crippen MR) is 42.8 cm³/mol. The van der Waals surface area contributed by atoms with E-state index in [1.54, 1.807) is 4.90 Å². The summed E-state index contributed by atoms with van der Waals surface area (Å²) in [5, 5.41) is 0. The van der Waals surface area contributed by atoms with Gasteiger partial charge in [-0.1, -0.05) is 6.08 Å². The number of nitrogens with zero attached hydrogens (tertiary/aromatic N) is 1. The monoisotopic (exact) mass is 149 g/mol. The molecule has 2 nitrogen and oxygen atoms in total. The van der Waals surface area contributed by atoms with Crippen molar-refractivity contribution in [2.45, 2.75) is 19.3 Å². The summed E-state index contributed by atoms with van der Waals surface area (Å²) in [6, 6.07) is 0. The van der Waals surface area contributed by atoms with Crippen molar-refractivity contribution < 1.29 is 4.79 Å². The third kappa shape index (κ3) is 0.897. The Morgan fingerprint density at radius 3 is 3.09 bits per heavy atom. The highest BCUT2D eigenvalue weighted by Gasteiger charge is 2.25. The van der Waals surface area contributed by atoms with Crippen molar-refractivity contribution in [3.63, 3.8) is 0 Å². The number of likely N-dealkylation sites (N-methyl/N-ethyl adjacent to an activating group) is 1. The molecule has 58 valence electrons. The Morgan fingerprint density at radius 1 is 1.55 bits per heavy atom. The highest BCUT2D eigenvalue weighted by molar-refractivity contribution is 5.85. The maximum absolute atomic E-state index is 11.2. The molecule has 0 saturated carbocycles. The van der Waals surface area contributed by atoms with Gasteiger partial charge in [0.05, 0.1) is 6.42 Å². The summed E-state index contributed by atoms with van der Waals surface area (Å²) in [7, 11) is 1.85. The Hall–Kier alpha value is -1.05. The van der Waals surface area contributed by atoms with Gasteiger partial charge >= 0.3 is 0 Å². The van der Waals surface area contributed by atoms with Crippen molar-refractivity contribution in [2.24, 2.45) is 0 Å². The second kappa shape index (κ2) is 2.22. The number of allylic oxidation sites excluding steroid dienone is 2. The molecule has 1 aliphatic carbocycles. The largest absolute Gasteiger partial charge is 0.315 e. The zero-order chi connectivity index (χ0) is 7.84. The molecule has 0 radical (unpaired) electrons. The molecule has 0 unspecified atom stereocenters. The van der Waals surface area contributed by atoms with Crippen LogP contribution in [0.1, 0.15) is 19.3 Å². The van der Waals surface area contributed by atoms with E-state index in [9.17, 15) is 4.79 Å². The Morgan fingerprint density at radius 2 is 2.36 bits per heavy atom. The lowest BCUT2D eigenvalue weighted by Gasteiger charge is -2.13. The molecule has 2 aliphatic rings. The quantitative estimate of drug-likeness (QED) is 0.510. The van der Waals surface area contributed by atoms with Crippen LogP contribution in [-0.4, -0.2) is 17.9 Å². The third-order valence-electron chi connectivity index (χ3n) is 2.35. The molecule has 0 atom stereocenters. The summed E-state index contributed by atoms with van der Waals surface area (Å²) in [5.74, 6) is 0.238. The van der Waals surface area contributed by atoms with Crippen LogP contribution in [0.5, 0.6) is 0 Å². The molecule has 2 rings (SSSR count). The van der Waals surface area contributed by atoms with Gasteiger partial charge in [0.25, 0.3) is 0 Å². The molecule has 0 spiro atoms. The second-order valence-electron chi connectivity index (χ2n) is 3.06. The van der Waals surface area contributed by atoms with E-state index in [1.165, 1.54) is 5.57 Å². The molecule has 0 aromatic heterocycles. The normalized spacial score (nSPS) is 23.0. The van der Waals surface area contributed by atoms with Gasteiger partial charge in [-0.15, -0.1) is 0 Å². The number of hydrogen-bond donors (Lipinski definition) is 0. The van der Waals surface area contributed by atoms with Gasteiger partial charge in [-0.25, -0.2) is 0 Å². The minimum absolute atomic E-state index is 0.238. The van der Waals surface area contributed by atoms with Crippen LogP contribution >= 0.6 is 0 Å². The minimum Gasteiger partial charge on any atom is -0.315 e. The lowest BCUT2D eigenvalue weighted by molar-refractivity contribution is -0.125. The Labute approximate surface area is 66.2 Å². The van der Waals surface area contributed by atoms with Crippen molar-refractivity contribution in [3.8, 4) is 0 Å². The Bertz CT molecular complexity index is 263. The second-order valence-corrected chi connectivity index (χ2v) is 3.06. The van der Waals surface area contributed by atoms with Crippen molar-refractivity contribution in [1.82, 2.24) is 4.90 Å². The van der Waals surface area contributed by atoms with Gasteiger partial charge in [0, 0.05) is 12.7 Å². The summed E-state index contributed by atoms with van der Waals surface area (Å²) in [6.07, 6.45) is 7.01. The zero-order valence-electron chi connectivity index (χ0n) is 6.63. The van der Waals surface area contributed by atoms with E-state index < -0.39 is 0 Å². The van der Waals surface area contributed by atoms with Crippen LogP contribution in [0.15, 0.2) is 23.4 Å². The number of carbonyl (C=O) groups excluding carboxylic acids is 1. The van der Waals surface area contributed by atoms with E-state index in [-0.39, 0.29) is 5.91 Å². The van der Waals surface area contributed by atoms with Crippen molar-refractivity contribution in [3.05, 3.63) is 23.4 Å². The van der Waals surface area contributed by atoms with Crippen LogP contribution < -0.4 is 0 Å². The number of amides is 1. The van der Waals surface area contributed by atoms with Gasteiger partial charge in [0.2, 0.25) is 5.91 Å². The first-order valence-corrected chi connectivity index (χ1v) is 3.94. The summed E-state index contributed by atoms with van der Waals surface area (Å²) < 4.78 is 0. The van der Waals surface area contributed by atoms with Crippen LogP contribution in [-0.2, 0) is 4.79 Å². The third-order valence-corrected chi connectivity index (χ3v) is 2.35. The number of hydrogen-bond acceptors (Lipinski definition) is 1. The van der Waals surface area contributed by atoms with Crippen LogP contribution in [0.2, 0.25) is 0 Å². The van der Waals surface area contributed by atoms with Crippen LogP contribution in [0, 0.1) is 0 Å². The van der Waals surface area contributed by atoms with E-state index in [2.05, 4.69) is 12.2 Å². The van der Waals surface area contributed by atoms with E-state index in [0.717, 1.165) is 18.5 Å². The molecule has 0 fully saturated rings. The molecule has 2 heteroatoms. The van der Waals surface area contributed by atoms with Crippen LogP contribution in [0.3, 0.4) is 0 Å². The molecule has 0 aromatic rings. The molecule has 1 amide bonds. The van der Waals surface area contributed by atoms with Gasteiger partial charge < -0.3 is 4.90 Å². The molecule has 11 heavy (non-hydrogen) atoms. The van der Waals surface area contributed by atoms with Gasteiger partial charge in [0.1, 0.15) is 0 Å². The molecular weight excluding hydrogens is 138 g/mol. The average molecular weight is 149 g/mol. The topological polar surface area (TPSA) is 20.3 Å².